The van der Waals surface area contributed by atoms with Crippen molar-refractivity contribution in [3.63, 3.8) is 0 Å². The van der Waals surface area contributed by atoms with Crippen molar-refractivity contribution in [1.82, 2.24) is 4.98 Å². The molecule has 0 aliphatic carbocycles. The molecule has 8 heteroatoms. The lowest BCUT2D eigenvalue weighted by Crippen LogP contribution is -2.18. The van der Waals surface area contributed by atoms with Gasteiger partial charge in [0, 0.05) is 0 Å². The number of pyridine rings is 1. The van der Waals surface area contributed by atoms with Gasteiger partial charge in [0.2, 0.25) is 0 Å². The van der Waals surface area contributed by atoms with E-state index in [9.17, 15) is 18.0 Å². The van der Waals surface area contributed by atoms with Crippen molar-refractivity contribution in [2.24, 2.45) is 0 Å². The standard InChI is InChI=1S/C8H3F3N2O3/c9-8(10,11)16-4-1-5(7(14)15)6(2-12)13-3-4/h1,3H,(H,14,15). The third-order valence-electron chi connectivity index (χ3n) is 1.43. The first kappa shape index (κ1) is 11.8. The number of carboxylic acid groups (broad SMARTS) is 1. The average molecular weight is 232 g/mol. The van der Waals surface area contributed by atoms with Crippen molar-refractivity contribution in [3.8, 4) is 11.8 Å². The van der Waals surface area contributed by atoms with Crippen LogP contribution in [0.15, 0.2) is 12.3 Å². The molecule has 0 saturated heterocycles. The van der Waals surface area contributed by atoms with Gasteiger partial charge in [0.1, 0.15) is 11.8 Å². The average Bonchev–Trinajstić information content (AvgIpc) is 2.15. The number of nitriles is 1. The van der Waals surface area contributed by atoms with Gasteiger partial charge in [0.15, 0.2) is 5.69 Å². The predicted molar refractivity (Wildman–Crippen MR) is 42.6 cm³/mol. The minimum absolute atomic E-state index is 0.484. The number of nitrogens with zero attached hydrogens (tertiary/aromatic N) is 2. The summed E-state index contributed by atoms with van der Waals surface area (Å²) >= 11 is 0. The Kier molecular flexibility index (Phi) is 2.99. The molecule has 0 aliphatic rings. The number of rotatable bonds is 2. The number of hydrogen-bond acceptors (Lipinski definition) is 4. The molecule has 0 aliphatic heterocycles. The van der Waals surface area contributed by atoms with Crippen molar-refractivity contribution >= 4 is 5.97 Å². The molecule has 1 aromatic heterocycles. The number of carboxylic acids is 1. The Morgan fingerprint density at radius 1 is 1.56 bits per heavy atom. The summed E-state index contributed by atoms with van der Waals surface area (Å²) in [6.07, 6.45) is -4.32. The molecule has 0 amide bonds. The first-order valence-corrected chi connectivity index (χ1v) is 3.72. The number of aromatic carboxylic acids is 1. The summed E-state index contributed by atoms with van der Waals surface area (Å²) < 4.78 is 38.8. The van der Waals surface area contributed by atoms with Crippen molar-refractivity contribution in [2.45, 2.75) is 6.36 Å². The zero-order chi connectivity index (χ0) is 12.3. The van der Waals surface area contributed by atoms with Gasteiger partial charge in [-0.2, -0.15) is 5.26 Å². The summed E-state index contributed by atoms with van der Waals surface area (Å²) in [5.74, 6) is -2.35. The van der Waals surface area contributed by atoms with Crippen LogP contribution in [0.2, 0.25) is 0 Å². The van der Waals surface area contributed by atoms with Gasteiger partial charge in [0.05, 0.1) is 11.8 Å². The number of ether oxygens (including phenoxy) is 1. The first-order valence-electron chi connectivity index (χ1n) is 3.72. The van der Waals surface area contributed by atoms with E-state index in [4.69, 9.17) is 10.4 Å². The van der Waals surface area contributed by atoms with Crippen LogP contribution in [0.25, 0.3) is 0 Å². The molecule has 1 rings (SSSR count). The molecule has 5 nitrogen and oxygen atoms in total. The van der Waals surface area contributed by atoms with E-state index in [-0.39, 0.29) is 0 Å². The molecule has 0 fully saturated rings. The van der Waals surface area contributed by atoms with E-state index >= 15 is 0 Å². The second-order valence-corrected chi connectivity index (χ2v) is 2.53. The van der Waals surface area contributed by atoms with Crippen LogP contribution in [-0.2, 0) is 0 Å². The van der Waals surface area contributed by atoms with Crippen molar-refractivity contribution < 1.29 is 27.8 Å². The molecule has 0 unspecified atom stereocenters. The minimum Gasteiger partial charge on any atom is -0.478 e. The lowest BCUT2D eigenvalue weighted by Gasteiger charge is -2.08. The van der Waals surface area contributed by atoms with Gasteiger partial charge in [0.25, 0.3) is 0 Å². The van der Waals surface area contributed by atoms with Crippen LogP contribution in [0.5, 0.6) is 5.75 Å². The molecule has 0 spiro atoms. The van der Waals surface area contributed by atoms with Crippen LogP contribution in [0, 0.1) is 11.3 Å². The monoisotopic (exact) mass is 232 g/mol. The van der Waals surface area contributed by atoms with E-state index in [0.717, 1.165) is 0 Å². The molecule has 0 radical (unpaired) electrons. The van der Waals surface area contributed by atoms with Gasteiger partial charge in [-0.25, -0.2) is 9.78 Å². The lowest BCUT2D eigenvalue weighted by molar-refractivity contribution is -0.274. The number of aromatic nitrogens is 1. The molecular weight excluding hydrogens is 229 g/mol. The van der Waals surface area contributed by atoms with Gasteiger partial charge >= 0.3 is 12.3 Å². The van der Waals surface area contributed by atoms with Gasteiger partial charge in [-0.15, -0.1) is 13.2 Å². The Morgan fingerprint density at radius 3 is 2.62 bits per heavy atom. The van der Waals surface area contributed by atoms with Gasteiger partial charge in [-0.1, -0.05) is 0 Å². The highest BCUT2D eigenvalue weighted by molar-refractivity contribution is 5.90. The fourth-order valence-electron chi connectivity index (χ4n) is 0.887. The van der Waals surface area contributed by atoms with Gasteiger partial charge < -0.3 is 9.84 Å². The van der Waals surface area contributed by atoms with Crippen molar-refractivity contribution in [2.75, 3.05) is 0 Å². The summed E-state index contributed by atoms with van der Waals surface area (Å²) in [6.45, 7) is 0. The molecular formula is C8H3F3N2O3. The summed E-state index contributed by atoms with van der Waals surface area (Å²) in [5, 5.41) is 17.0. The highest BCUT2D eigenvalue weighted by Crippen LogP contribution is 2.23. The number of hydrogen-bond donors (Lipinski definition) is 1. The molecule has 0 atom stereocenters. The molecule has 0 aromatic carbocycles. The fraction of sp³-hybridized carbons (Fsp3) is 0.125. The normalized spacial score (nSPS) is 10.6. The van der Waals surface area contributed by atoms with Crippen LogP contribution < -0.4 is 4.74 Å². The fourth-order valence-corrected chi connectivity index (χ4v) is 0.887. The molecule has 1 N–H and O–H groups in total. The van der Waals surface area contributed by atoms with Crippen LogP contribution >= 0.6 is 0 Å². The molecule has 0 saturated carbocycles. The predicted octanol–water partition coefficient (Wildman–Crippen LogP) is 1.55. The van der Waals surface area contributed by atoms with E-state index in [2.05, 4.69) is 9.72 Å². The topological polar surface area (TPSA) is 83.2 Å². The smallest absolute Gasteiger partial charge is 0.478 e. The number of alkyl halides is 3. The zero-order valence-electron chi connectivity index (χ0n) is 7.45. The Balaban J connectivity index is 3.14. The summed E-state index contributed by atoms with van der Waals surface area (Å²) in [4.78, 5) is 13.8. The second-order valence-electron chi connectivity index (χ2n) is 2.53. The molecule has 84 valence electrons. The van der Waals surface area contributed by atoms with E-state index < -0.39 is 29.3 Å². The quantitative estimate of drug-likeness (QED) is 0.836. The Morgan fingerprint density at radius 2 is 2.19 bits per heavy atom. The maximum Gasteiger partial charge on any atom is 0.573 e. The molecule has 0 bridgehead atoms. The van der Waals surface area contributed by atoms with E-state index in [1.807, 2.05) is 0 Å². The second kappa shape index (κ2) is 4.06. The summed E-state index contributed by atoms with van der Waals surface area (Å²) in [5.41, 5.74) is -1.13. The van der Waals surface area contributed by atoms with E-state index in [1.54, 1.807) is 0 Å². The Hall–Kier alpha value is -2.30. The van der Waals surface area contributed by atoms with Crippen LogP contribution in [0.1, 0.15) is 16.1 Å². The zero-order valence-corrected chi connectivity index (χ0v) is 7.45. The van der Waals surface area contributed by atoms with E-state index in [0.29, 0.717) is 12.3 Å². The minimum atomic E-state index is -4.94. The number of halogens is 3. The Bertz CT molecular complexity index is 465. The van der Waals surface area contributed by atoms with Crippen LogP contribution in [0.3, 0.4) is 0 Å². The summed E-state index contributed by atoms with van der Waals surface area (Å²) in [6, 6.07) is 2.02. The lowest BCUT2D eigenvalue weighted by atomic mass is 10.2. The van der Waals surface area contributed by atoms with Gasteiger partial charge in [-0.3, -0.25) is 0 Å². The molecule has 1 heterocycles. The highest BCUT2D eigenvalue weighted by atomic mass is 19.4. The largest absolute Gasteiger partial charge is 0.573 e. The van der Waals surface area contributed by atoms with Crippen molar-refractivity contribution in [1.29, 1.82) is 5.26 Å². The maximum atomic E-state index is 11.8. The first-order chi connectivity index (χ1) is 7.33. The van der Waals surface area contributed by atoms with Crippen molar-refractivity contribution in [3.05, 3.63) is 23.5 Å². The SMILES string of the molecule is N#Cc1ncc(OC(F)(F)F)cc1C(=O)O. The maximum absolute atomic E-state index is 11.8. The van der Waals surface area contributed by atoms with Gasteiger partial charge in [-0.05, 0) is 6.07 Å². The van der Waals surface area contributed by atoms with Crippen LogP contribution in [-0.4, -0.2) is 22.4 Å². The van der Waals surface area contributed by atoms with Crippen LogP contribution in [0.4, 0.5) is 13.2 Å². The molecule has 16 heavy (non-hydrogen) atoms. The summed E-state index contributed by atoms with van der Waals surface area (Å²) in [7, 11) is 0. The van der Waals surface area contributed by atoms with E-state index in [1.165, 1.54) is 6.07 Å². The molecule has 1 aromatic rings. The Labute approximate surface area is 86.7 Å². The highest BCUT2D eigenvalue weighted by Gasteiger charge is 2.31. The number of carbonyl (C=O) groups is 1. The third kappa shape index (κ3) is 2.84. The third-order valence-corrected chi connectivity index (χ3v) is 1.43.